The van der Waals surface area contributed by atoms with Crippen molar-refractivity contribution in [3.05, 3.63) is 71.6 Å². The molecule has 0 spiro atoms. The molecule has 3 heterocycles. The van der Waals surface area contributed by atoms with Crippen LogP contribution in [0.1, 0.15) is 41.4 Å². The Morgan fingerprint density at radius 2 is 2.03 bits per heavy atom. The number of rotatable bonds is 7. The quantitative estimate of drug-likeness (QED) is 0.495. The van der Waals surface area contributed by atoms with Crippen molar-refractivity contribution < 1.29 is 13.9 Å². The maximum atomic E-state index is 13.1. The van der Waals surface area contributed by atoms with Crippen molar-refractivity contribution in [1.82, 2.24) is 20.1 Å². The molecule has 0 aliphatic carbocycles. The third-order valence-corrected chi connectivity index (χ3v) is 4.83. The zero-order valence-corrected chi connectivity index (χ0v) is 17.3. The molecule has 0 saturated heterocycles. The van der Waals surface area contributed by atoms with Crippen molar-refractivity contribution in [1.29, 1.82) is 0 Å². The van der Waals surface area contributed by atoms with Crippen LogP contribution >= 0.6 is 0 Å². The highest BCUT2D eigenvalue weighted by molar-refractivity contribution is 6.06. The van der Waals surface area contributed by atoms with Gasteiger partial charge in [-0.1, -0.05) is 24.3 Å². The first-order chi connectivity index (χ1) is 14.6. The zero-order chi connectivity index (χ0) is 21.1. The molecule has 0 radical (unpaired) electrons. The number of carbonyl (C=O) groups is 1. The molecule has 0 fully saturated rings. The molecule has 154 valence electrons. The van der Waals surface area contributed by atoms with Gasteiger partial charge in [-0.25, -0.2) is 9.67 Å². The number of amides is 1. The van der Waals surface area contributed by atoms with Crippen LogP contribution in [-0.4, -0.2) is 27.8 Å². The van der Waals surface area contributed by atoms with E-state index >= 15 is 0 Å². The summed E-state index contributed by atoms with van der Waals surface area (Å²) in [5.41, 5.74) is 3.85. The van der Waals surface area contributed by atoms with Crippen LogP contribution in [0.25, 0.3) is 22.5 Å². The van der Waals surface area contributed by atoms with E-state index in [9.17, 15) is 4.79 Å². The van der Waals surface area contributed by atoms with Crippen LogP contribution in [0.5, 0.6) is 0 Å². The van der Waals surface area contributed by atoms with Crippen LogP contribution in [0.2, 0.25) is 0 Å². The number of hydrogen-bond donors (Lipinski definition) is 1. The third kappa shape index (κ3) is 3.97. The van der Waals surface area contributed by atoms with Gasteiger partial charge in [-0.15, -0.1) is 0 Å². The van der Waals surface area contributed by atoms with Gasteiger partial charge in [0, 0.05) is 19.7 Å². The molecule has 4 rings (SSSR count). The van der Waals surface area contributed by atoms with Gasteiger partial charge in [-0.05, 0) is 43.2 Å². The predicted molar refractivity (Wildman–Crippen MR) is 114 cm³/mol. The minimum Gasteiger partial charge on any atom is -0.463 e. The van der Waals surface area contributed by atoms with Gasteiger partial charge in [0.05, 0.1) is 30.0 Å². The Bertz CT molecular complexity index is 1160. The molecule has 0 saturated carbocycles. The second-order valence-electron chi connectivity index (χ2n) is 7.39. The van der Waals surface area contributed by atoms with Crippen LogP contribution < -0.4 is 5.32 Å². The molecule has 0 atom stereocenters. The second kappa shape index (κ2) is 8.51. The lowest BCUT2D eigenvalue weighted by Crippen LogP contribution is -2.23. The lowest BCUT2D eigenvalue weighted by Gasteiger charge is -2.11. The fourth-order valence-electron chi connectivity index (χ4n) is 3.41. The number of hydrogen-bond acceptors (Lipinski definition) is 5. The van der Waals surface area contributed by atoms with Gasteiger partial charge in [-0.2, -0.15) is 5.10 Å². The number of benzene rings is 1. The maximum absolute atomic E-state index is 13.1. The van der Waals surface area contributed by atoms with Crippen molar-refractivity contribution in [3.8, 4) is 11.5 Å². The van der Waals surface area contributed by atoms with Gasteiger partial charge in [0.15, 0.2) is 11.4 Å². The van der Waals surface area contributed by atoms with E-state index < -0.39 is 0 Å². The third-order valence-electron chi connectivity index (χ3n) is 4.83. The Labute approximate surface area is 174 Å². The molecular formula is C23H24N4O3. The van der Waals surface area contributed by atoms with Crippen LogP contribution in [-0.2, 0) is 17.9 Å². The summed E-state index contributed by atoms with van der Waals surface area (Å²) in [4.78, 5) is 17.8. The fourth-order valence-corrected chi connectivity index (χ4v) is 3.41. The summed E-state index contributed by atoms with van der Waals surface area (Å²) in [6, 6.07) is 13.5. The zero-order valence-electron chi connectivity index (χ0n) is 17.3. The number of nitrogens with zero attached hydrogens (tertiary/aromatic N) is 3. The Morgan fingerprint density at radius 1 is 1.20 bits per heavy atom. The highest BCUT2D eigenvalue weighted by Crippen LogP contribution is 2.26. The van der Waals surface area contributed by atoms with Crippen molar-refractivity contribution in [2.45, 2.75) is 33.0 Å². The number of carbonyl (C=O) groups excluding carboxylic acids is 1. The number of aromatic nitrogens is 3. The fraction of sp³-hybridized carbons (Fsp3) is 0.261. The number of methoxy groups -OCH3 is 1. The summed E-state index contributed by atoms with van der Waals surface area (Å²) in [5, 5.41) is 8.17. The highest BCUT2D eigenvalue weighted by atomic mass is 16.5. The lowest BCUT2D eigenvalue weighted by atomic mass is 10.1. The van der Waals surface area contributed by atoms with E-state index in [0.29, 0.717) is 41.2 Å². The summed E-state index contributed by atoms with van der Waals surface area (Å²) in [5.74, 6) is 0.422. The topological polar surface area (TPSA) is 82.2 Å². The minimum atomic E-state index is -0.185. The molecule has 4 aromatic rings. The minimum absolute atomic E-state index is 0.112. The van der Waals surface area contributed by atoms with Gasteiger partial charge in [0.2, 0.25) is 0 Å². The Balaban J connectivity index is 1.67. The van der Waals surface area contributed by atoms with Crippen LogP contribution in [0.15, 0.2) is 59.3 Å². The van der Waals surface area contributed by atoms with E-state index in [0.717, 1.165) is 11.1 Å². The molecule has 30 heavy (non-hydrogen) atoms. The van der Waals surface area contributed by atoms with E-state index in [1.165, 1.54) is 0 Å². The molecule has 1 amide bonds. The van der Waals surface area contributed by atoms with Crippen LogP contribution in [0, 0.1) is 0 Å². The molecule has 1 N–H and O–H groups in total. The van der Waals surface area contributed by atoms with Crippen molar-refractivity contribution in [2.75, 3.05) is 7.11 Å². The number of fused-ring (bicyclic) bond motifs is 1. The van der Waals surface area contributed by atoms with E-state index in [1.807, 2.05) is 48.9 Å². The molecular weight excluding hydrogens is 380 g/mol. The summed E-state index contributed by atoms with van der Waals surface area (Å²) < 4.78 is 12.5. The Morgan fingerprint density at radius 3 is 2.77 bits per heavy atom. The Hall–Kier alpha value is -3.45. The SMILES string of the molecule is COCc1cccc(CNC(=O)c2cc(-c3ccco3)nc3c2cnn3C(C)C)c1. The van der Waals surface area contributed by atoms with Gasteiger partial charge in [0.1, 0.15) is 5.69 Å². The standard InChI is InChI=1S/C23H24N4O3/c1-15(2)27-22-19(13-25-27)18(11-20(26-22)21-8-5-9-30-21)23(28)24-12-16-6-4-7-17(10-16)14-29-3/h4-11,13,15H,12,14H2,1-3H3,(H,24,28). The predicted octanol–water partition coefficient (Wildman–Crippen LogP) is 4.35. The summed E-state index contributed by atoms with van der Waals surface area (Å²) in [7, 11) is 1.66. The first kappa shape index (κ1) is 19.8. The molecule has 7 heteroatoms. The first-order valence-corrected chi connectivity index (χ1v) is 9.84. The van der Waals surface area contributed by atoms with Gasteiger partial charge in [-0.3, -0.25) is 4.79 Å². The van der Waals surface area contributed by atoms with E-state index in [4.69, 9.17) is 14.1 Å². The molecule has 0 unspecified atom stereocenters. The van der Waals surface area contributed by atoms with E-state index in [-0.39, 0.29) is 11.9 Å². The van der Waals surface area contributed by atoms with Crippen molar-refractivity contribution >= 4 is 16.9 Å². The molecule has 0 aliphatic rings. The van der Waals surface area contributed by atoms with Gasteiger partial charge < -0.3 is 14.5 Å². The molecule has 7 nitrogen and oxygen atoms in total. The number of furan rings is 1. The monoisotopic (exact) mass is 404 g/mol. The summed E-state index contributed by atoms with van der Waals surface area (Å²) >= 11 is 0. The van der Waals surface area contributed by atoms with Crippen LogP contribution in [0.3, 0.4) is 0 Å². The number of nitrogens with one attached hydrogen (secondary N) is 1. The van der Waals surface area contributed by atoms with Crippen LogP contribution in [0.4, 0.5) is 0 Å². The maximum Gasteiger partial charge on any atom is 0.252 e. The molecule has 0 aliphatic heterocycles. The smallest absolute Gasteiger partial charge is 0.252 e. The van der Waals surface area contributed by atoms with E-state index in [1.54, 1.807) is 31.7 Å². The molecule has 1 aromatic carbocycles. The second-order valence-corrected chi connectivity index (χ2v) is 7.39. The number of pyridine rings is 1. The highest BCUT2D eigenvalue weighted by Gasteiger charge is 2.19. The first-order valence-electron chi connectivity index (χ1n) is 9.84. The van der Waals surface area contributed by atoms with E-state index in [2.05, 4.69) is 10.4 Å². The number of ether oxygens (including phenoxy) is 1. The molecule has 3 aromatic heterocycles. The van der Waals surface area contributed by atoms with Crippen molar-refractivity contribution in [3.63, 3.8) is 0 Å². The average Bonchev–Trinajstić information content (AvgIpc) is 3.41. The van der Waals surface area contributed by atoms with Crippen molar-refractivity contribution in [2.24, 2.45) is 0 Å². The molecule has 0 bridgehead atoms. The van der Waals surface area contributed by atoms with Gasteiger partial charge >= 0.3 is 0 Å². The lowest BCUT2D eigenvalue weighted by molar-refractivity contribution is 0.0952. The normalized spacial score (nSPS) is 11.3. The van der Waals surface area contributed by atoms with Gasteiger partial charge in [0.25, 0.3) is 5.91 Å². The largest absolute Gasteiger partial charge is 0.463 e. The summed E-state index contributed by atoms with van der Waals surface area (Å²) in [6.45, 7) is 5.00. The Kier molecular flexibility index (Phi) is 5.63. The summed E-state index contributed by atoms with van der Waals surface area (Å²) in [6.07, 6.45) is 3.29. The average molecular weight is 404 g/mol.